The highest BCUT2D eigenvalue weighted by Gasteiger charge is 2.31. The minimum Gasteiger partial charge on any atom is -0.342 e. The molecule has 19 heavy (non-hydrogen) atoms. The molecule has 3 aliphatic heterocycles. The number of nitrogens with one attached hydrogen (secondary N) is 1. The van der Waals surface area contributed by atoms with Crippen LogP contribution in [0.2, 0.25) is 0 Å². The van der Waals surface area contributed by atoms with E-state index in [-0.39, 0.29) is 0 Å². The predicted molar refractivity (Wildman–Crippen MR) is 76.0 cm³/mol. The van der Waals surface area contributed by atoms with Crippen molar-refractivity contribution in [2.45, 2.75) is 44.6 Å². The highest BCUT2D eigenvalue weighted by atomic mass is 16.2. The van der Waals surface area contributed by atoms with Crippen molar-refractivity contribution in [1.29, 1.82) is 0 Å². The van der Waals surface area contributed by atoms with E-state index in [1.165, 1.54) is 38.8 Å². The number of carbonyl (C=O) groups is 1. The maximum absolute atomic E-state index is 12.5. The van der Waals surface area contributed by atoms with Gasteiger partial charge in [-0.1, -0.05) is 0 Å². The van der Waals surface area contributed by atoms with Gasteiger partial charge in [-0.15, -0.1) is 0 Å². The predicted octanol–water partition coefficient (Wildman–Crippen LogP) is 1.07. The van der Waals surface area contributed by atoms with Gasteiger partial charge in [0.1, 0.15) is 0 Å². The second-order valence-corrected chi connectivity index (χ2v) is 6.32. The molecule has 0 bridgehead atoms. The van der Waals surface area contributed by atoms with Gasteiger partial charge in [-0.25, -0.2) is 0 Å². The molecular weight excluding hydrogens is 238 g/mol. The molecule has 0 atom stereocenters. The third kappa shape index (κ3) is 3.11. The average molecular weight is 265 g/mol. The minimum absolute atomic E-state index is 0.296. The third-order valence-electron chi connectivity index (χ3n) is 5.12. The van der Waals surface area contributed by atoms with Crippen molar-refractivity contribution in [3.8, 4) is 0 Å². The Balaban J connectivity index is 1.47. The Kier molecular flexibility index (Phi) is 4.38. The van der Waals surface area contributed by atoms with Crippen molar-refractivity contribution in [2.24, 2.45) is 5.92 Å². The van der Waals surface area contributed by atoms with Crippen molar-refractivity contribution >= 4 is 5.91 Å². The summed E-state index contributed by atoms with van der Waals surface area (Å²) < 4.78 is 0. The third-order valence-corrected chi connectivity index (χ3v) is 5.12. The molecule has 4 heteroatoms. The maximum atomic E-state index is 12.5. The topological polar surface area (TPSA) is 35.6 Å². The number of amides is 1. The standard InChI is InChI=1S/C15H27N3O/c19-15(13-3-7-16-8-4-13)18-11-5-14(6-12-18)17-9-1-2-10-17/h13-14,16H,1-12H2. The molecule has 3 aliphatic rings. The van der Waals surface area contributed by atoms with Crippen LogP contribution in [0.15, 0.2) is 0 Å². The Morgan fingerprint density at radius 2 is 1.53 bits per heavy atom. The van der Waals surface area contributed by atoms with Crippen LogP contribution < -0.4 is 5.32 Å². The van der Waals surface area contributed by atoms with Gasteiger partial charge in [-0.2, -0.15) is 0 Å². The van der Waals surface area contributed by atoms with Gasteiger partial charge in [0.05, 0.1) is 0 Å². The fourth-order valence-electron chi connectivity index (χ4n) is 3.89. The Morgan fingerprint density at radius 1 is 0.895 bits per heavy atom. The van der Waals surface area contributed by atoms with Crippen LogP contribution in [0, 0.1) is 5.92 Å². The van der Waals surface area contributed by atoms with Crippen LogP contribution in [0.25, 0.3) is 0 Å². The molecule has 0 aliphatic carbocycles. The van der Waals surface area contributed by atoms with Gasteiger partial charge in [-0.3, -0.25) is 4.79 Å². The van der Waals surface area contributed by atoms with E-state index in [1.807, 2.05) is 0 Å². The summed E-state index contributed by atoms with van der Waals surface area (Å²) in [6.45, 7) is 6.58. The number of rotatable bonds is 2. The maximum Gasteiger partial charge on any atom is 0.225 e. The lowest BCUT2D eigenvalue weighted by Gasteiger charge is -2.38. The summed E-state index contributed by atoms with van der Waals surface area (Å²) in [5.74, 6) is 0.728. The molecule has 0 aromatic carbocycles. The van der Waals surface area contributed by atoms with E-state index in [2.05, 4.69) is 15.1 Å². The lowest BCUT2D eigenvalue weighted by atomic mass is 9.94. The van der Waals surface area contributed by atoms with E-state index in [1.54, 1.807) is 0 Å². The van der Waals surface area contributed by atoms with Gasteiger partial charge < -0.3 is 15.1 Å². The van der Waals surface area contributed by atoms with Gasteiger partial charge in [0.15, 0.2) is 0 Å². The summed E-state index contributed by atoms with van der Waals surface area (Å²) in [4.78, 5) is 17.3. The van der Waals surface area contributed by atoms with Crippen molar-refractivity contribution in [1.82, 2.24) is 15.1 Å². The van der Waals surface area contributed by atoms with E-state index < -0.39 is 0 Å². The highest BCUT2D eigenvalue weighted by molar-refractivity contribution is 5.79. The first-order valence-electron chi connectivity index (χ1n) is 8.08. The molecule has 0 unspecified atom stereocenters. The second kappa shape index (κ2) is 6.23. The number of likely N-dealkylation sites (tertiary alicyclic amines) is 2. The first-order valence-corrected chi connectivity index (χ1v) is 8.08. The quantitative estimate of drug-likeness (QED) is 0.811. The van der Waals surface area contributed by atoms with Crippen molar-refractivity contribution in [3.63, 3.8) is 0 Å². The first-order chi connectivity index (χ1) is 9.34. The lowest BCUT2D eigenvalue weighted by Crippen LogP contribution is -2.48. The fourth-order valence-corrected chi connectivity index (χ4v) is 3.89. The molecule has 108 valence electrons. The summed E-state index contributed by atoms with van der Waals surface area (Å²) >= 11 is 0. The molecule has 4 nitrogen and oxygen atoms in total. The molecule has 0 radical (unpaired) electrons. The number of carbonyl (C=O) groups excluding carboxylic acids is 1. The van der Waals surface area contributed by atoms with Gasteiger partial charge >= 0.3 is 0 Å². The summed E-state index contributed by atoms with van der Waals surface area (Å²) in [5, 5.41) is 3.34. The molecule has 1 amide bonds. The molecule has 3 fully saturated rings. The number of nitrogens with zero attached hydrogens (tertiary/aromatic N) is 2. The molecule has 0 saturated carbocycles. The van der Waals surface area contributed by atoms with Crippen molar-refractivity contribution in [2.75, 3.05) is 39.3 Å². The van der Waals surface area contributed by atoms with Crippen molar-refractivity contribution < 1.29 is 4.79 Å². The SMILES string of the molecule is O=C(C1CCNCC1)N1CCC(N2CCCC2)CC1. The highest BCUT2D eigenvalue weighted by Crippen LogP contribution is 2.23. The molecule has 0 spiro atoms. The van der Waals surface area contributed by atoms with E-state index >= 15 is 0 Å². The zero-order chi connectivity index (χ0) is 13.1. The second-order valence-electron chi connectivity index (χ2n) is 6.32. The van der Waals surface area contributed by atoms with Crippen LogP contribution in [0.5, 0.6) is 0 Å². The minimum atomic E-state index is 0.296. The fraction of sp³-hybridized carbons (Fsp3) is 0.933. The Hall–Kier alpha value is -0.610. The molecular formula is C15H27N3O. The molecule has 3 rings (SSSR count). The monoisotopic (exact) mass is 265 g/mol. The van der Waals surface area contributed by atoms with E-state index in [9.17, 15) is 4.79 Å². The normalized spacial score (nSPS) is 27.9. The Bertz CT molecular complexity index is 301. The van der Waals surface area contributed by atoms with Crippen LogP contribution in [-0.2, 0) is 4.79 Å². The van der Waals surface area contributed by atoms with E-state index in [0.29, 0.717) is 11.8 Å². The zero-order valence-electron chi connectivity index (χ0n) is 11.9. The van der Waals surface area contributed by atoms with E-state index in [4.69, 9.17) is 0 Å². The molecule has 0 aromatic rings. The van der Waals surface area contributed by atoms with Gasteiger partial charge in [0.25, 0.3) is 0 Å². The summed E-state index contributed by atoms with van der Waals surface area (Å²) in [5.41, 5.74) is 0. The summed E-state index contributed by atoms with van der Waals surface area (Å²) in [6.07, 6.45) is 7.19. The zero-order valence-corrected chi connectivity index (χ0v) is 11.9. The van der Waals surface area contributed by atoms with Crippen molar-refractivity contribution in [3.05, 3.63) is 0 Å². The Labute approximate surface area is 116 Å². The van der Waals surface area contributed by atoms with Crippen LogP contribution in [-0.4, -0.2) is 61.0 Å². The van der Waals surface area contributed by atoms with Crippen LogP contribution in [0.3, 0.4) is 0 Å². The number of hydrogen-bond acceptors (Lipinski definition) is 3. The van der Waals surface area contributed by atoms with E-state index in [0.717, 1.165) is 45.1 Å². The average Bonchev–Trinajstić information content (AvgIpc) is 3.02. The van der Waals surface area contributed by atoms with Crippen LogP contribution in [0.4, 0.5) is 0 Å². The van der Waals surface area contributed by atoms with Gasteiger partial charge in [0.2, 0.25) is 5.91 Å². The van der Waals surface area contributed by atoms with Crippen LogP contribution >= 0.6 is 0 Å². The van der Waals surface area contributed by atoms with Gasteiger partial charge in [-0.05, 0) is 64.7 Å². The van der Waals surface area contributed by atoms with Crippen LogP contribution in [0.1, 0.15) is 38.5 Å². The number of hydrogen-bond donors (Lipinski definition) is 1. The largest absolute Gasteiger partial charge is 0.342 e. The Morgan fingerprint density at radius 3 is 2.16 bits per heavy atom. The molecule has 3 saturated heterocycles. The smallest absolute Gasteiger partial charge is 0.225 e. The van der Waals surface area contributed by atoms with Gasteiger partial charge in [0, 0.05) is 25.0 Å². The number of piperidine rings is 2. The molecule has 3 heterocycles. The molecule has 0 aromatic heterocycles. The molecule has 1 N–H and O–H groups in total. The summed E-state index contributed by atoms with van der Waals surface area (Å²) in [7, 11) is 0. The first kappa shape index (κ1) is 13.4. The summed E-state index contributed by atoms with van der Waals surface area (Å²) in [6, 6.07) is 0.750. The lowest BCUT2D eigenvalue weighted by molar-refractivity contribution is -0.137.